The summed E-state index contributed by atoms with van der Waals surface area (Å²) in [5.41, 5.74) is 1.42. The summed E-state index contributed by atoms with van der Waals surface area (Å²) in [5, 5.41) is 0.721. The van der Waals surface area contributed by atoms with E-state index in [1.807, 2.05) is 24.3 Å². The monoisotopic (exact) mass is 332 g/mol. The van der Waals surface area contributed by atoms with Crippen molar-refractivity contribution in [1.82, 2.24) is 14.9 Å². The Morgan fingerprint density at radius 1 is 1.13 bits per heavy atom. The van der Waals surface area contributed by atoms with Gasteiger partial charge in [0.05, 0.1) is 19.5 Å². The zero-order chi connectivity index (χ0) is 16.2. The number of nitrogens with zero attached hydrogens (tertiary/aromatic N) is 4. The van der Waals surface area contributed by atoms with Crippen LogP contribution in [0.1, 0.15) is 10.5 Å². The molecule has 0 unspecified atom stereocenters. The fourth-order valence-electron chi connectivity index (χ4n) is 2.53. The summed E-state index contributed by atoms with van der Waals surface area (Å²) in [4.78, 5) is 24.6. The molecule has 2 heterocycles. The average molecular weight is 333 g/mol. The van der Waals surface area contributed by atoms with Crippen LogP contribution in [0.5, 0.6) is 5.88 Å². The Kier molecular flexibility index (Phi) is 4.62. The number of carbonyl (C=O) groups is 1. The quantitative estimate of drug-likeness (QED) is 0.861. The summed E-state index contributed by atoms with van der Waals surface area (Å²) >= 11 is 5.91. The number of aromatic nitrogens is 2. The van der Waals surface area contributed by atoms with Gasteiger partial charge in [-0.2, -0.15) is 0 Å². The molecular weight excluding hydrogens is 316 g/mol. The van der Waals surface area contributed by atoms with Crippen LogP contribution in [0, 0.1) is 0 Å². The van der Waals surface area contributed by atoms with Crippen molar-refractivity contribution in [1.29, 1.82) is 0 Å². The lowest BCUT2D eigenvalue weighted by molar-refractivity contribution is 0.0739. The van der Waals surface area contributed by atoms with E-state index in [2.05, 4.69) is 14.9 Å². The van der Waals surface area contributed by atoms with E-state index in [1.54, 1.807) is 4.90 Å². The first-order valence-corrected chi connectivity index (χ1v) is 7.71. The maximum atomic E-state index is 12.5. The van der Waals surface area contributed by atoms with Crippen LogP contribution in [0.4, 0.5) is 5.69 Å². The van der Waals surface area contributed by atoms with Gasteiger partial charge < -0.3 is 14.5 Å². The van der Waals surface area contributed by atoms with E-state index in [9.17, 15) is 4.79 Å². The molecule has 23 heavy (non-hydrogen) atoms. The number of piperazine rings is 1. The number of anilines is 1. The van der Waals surface area contributed by atoms with Crippen molar-refractivity contribution in [2.24, 2.45) is 0 Å². The third-order valence-corrected chi connectivity index (χ3v) is 4.05. The van der Waals surface area contributed by atoms with Crippen LogP contribution in [0.25, 0.3) is 0 Å². The zero-order valence-electron chi connectivity index (χ0n) is 12.8. The van der Waals surface area contributed by atoms with E-state index in [0.717, 1.165) is 23.8 Å². The van der Waals surface area contributed by atoms with Gasteiger partial charge in [0, 0.05) is 36.9 Å². The lowest BCUT2D eigenvalue weighted by Crippen LogP contribution is -2.49. The molecular formula is C16H17ClN4O2. The maximum Gasteiger partial charge on any atom is 0.274 e. The van der Waals surface area contributed by atoms with E-state index in [-0.39, 0.29) is 5.91 Å². The number of benzene rings is 1. The number of hydrogen-bond donors (Lipinski definition) is 0. The van der Waals surface area contributed by atoms with Gasteiger partial charge in [-0.15, -0.1) is 0 Å². The highest BCUT2D eigenvalue weighted by Gasteiger charge is 2.23. The topological polar surface area (TPSA) is 58.6 Å². The number of ether oxygens (including phenoxy) is 1. The van der Waals surface area contributed by atoms with Gasteiger partial charge in [0.25, 0.3) is 5.91 Å². The molecule has 1 aromatic heterocycles. The Labute approximate surface area is 139 Å². The van der Waals surface area contributed by atoms with Crippen LogP contribution in [0.3, 0.4) is 0 Å². The maximum absolute atomic E-state index is 12.5. The molecule has 1 aliphatic heterocycles. The molecule has 0 saturated carbocycles. The first kappa shape index (κ1) is 15.6. The summed E-state index contributed by atoms with van der Waals surface area (Å²) in [6.07, 6.45) is 2.95. The van der Waals surface area contributed by atoms with Crippen LogP contribution in [-0.4, -0.2) is 54.1 Å². The molecule has 7 heteroatoms. The van der Waals surface area contributed by atoms with Crippen molar-refractivity contribution in [2.75, 3.05) is 38.2 Å². The third-order valence-electron chi connectivity index (χ3n) is 3.80. The second-order valence-corrected chi connectivity index (χ2v) is 5.64. The van der Waals surface area contributed by atoms with Crippen LogP contribution >= 0.6 is 11.6 Å². The van der Waals surface area contributed by atoms with Crippen LogP contribution in [0.15, 0.2) is 36.7 Å². The third kappa shape index (κ3) is 3.53. The van der Waals surface area contributed by atoms with Gasteiger partial charge in [-0.05, 0) is 24.3 Å². The molecule has 1 saturated heterocycles. The Bertz CT molecular complexity index is 685. The summed E-state index contributed by atoms with van der Waals surface area (Å²) in [7, 11) is 1.50. The van der Waals surface area contributed by atoms with E-state index < -0.39 is 0 Å². The summed E-state index contributed by atoms with van der Waals surface area (Å²) in [6, 6.07) is 7.74. The van der Waals surface area contributed by atoms with Gasteiger partial charge in [-0.3, -0.25) is 9.78 Å². The highest BCUT2D eigenvalue weighted by Crippen LogP contribution is 2.20. The molecule has 3 rings (SSSR count). The number of rotatable bonds is 3. The Morgan fingerprint density at radius 2 is 1.83 bits per heavy atom. The Hall–Kier alpha value is -2.34. The van der Waals surface area contributed by atoms with Gasteiger partial charge in [-0.1, -0.05) is 11.6 Å². The van der Waals surface area contributed by atoms with Gasteiger partial charge in [0.1, 0.15) is 0 Å². The Morgan fingerprint density at radius 3 is 2.48 bits per heavy atom. The molecule has 1 amide bonds. The summed E-state index contributed by atoms with van der Waals surface area (Å²) in [6.45, 7) is 2.82. The molecule has 0 N–H and O–H groups in total. The van der Waals surface area contributed by atoms with Crippen molar-refractivity contribution >= 4 is 23.2 Å². The Balaban J connectivity index is 1.64. The van der Waals surface area contributed by atoms with E-state index >= 15 is 0 Å². The standard InChI is InChI=1S/C16H17ClN4O2/c1-23-15-11-18-10-14(19-15)16(22)21-8-6-20(7-9-21)13-4-2-12(17)3-5-13/h2-5,10-11H,6-9H2,1H3. The summed E-state index contributed by atoms with van der Waals surface area (Å²) < 4.78 is 5.01. The van der Waals surface area contributed by atoms with Crippen molar-refractivity contribution in [3.8, 4) is 5.88 Å². The molecule has 0 spiro atoms. The molecule has 1 aromatic carbocycles. The molecule has 2 aromatic rings. The molecule has 1 aliphatic rings. The summed E-state index contributed by atoms with van der Waals surface area (Å²) in [5.74, 6) is 0.225. The minimum Gasteiger partial charge on any atom is -0.480 e. The van der Waals surface area contributed by atoms with Gasteiger partial charge in [0.2, 0.25) is 5.88 Å². The normalized spacial score (nSPS) is 14.7. The van der Waals surface area contributed by atoms with Crippen molar-refractivity contribution < 1.29 is 9.53 Å². The first-order chi connectivity index (χ1) is 11.2. The highest BCUT2D eigenvalue weighted by atomic mass is 35.5. The van der Waals surface area contributed by atoms with Crippen LogP contribution in [-0.2, 0) is 0 Å². The minimum atomic E-state index is -0.118. The highest BCUT2D eigenvalue weighted by molar-refractivity contribution is 6.30. The second-order valence-electron chi connectivity index (χ2n) is 5.20. The zero-order valence-corrected chi connectivity index (χ0v) is 13.5. The lowest BCUT2D eigenvalue weighted by Gasteiger charge is -2.36. The first-order valence-electron chi connectivity index (χ1n) is 7.33. The smallest absolute Gasteiger partial charge is 0.274 e. The molecule has 120 valence electrons. The average Bonchev–Trinajstić information content (AvgIpc) is 2.62. The molecule has 0 aliphatic carbocycles. The molecule has 0 radical (unpaired) electrons. The SMILES string of the molecule is COc1cncc(C(=O)N2CCN(c3ccc(Cl)cc3)CC2)n1. The predicted molar refractivity (Wildman–Crippen MR) is 88.2 cm³/mol. The molecule has 6 nitrogen and oxygen atoms in total. The fraction of sp³-hybridized carbons (Fsp3) is 0.312. The number of carbonyl (C=O) groups excluding carboxylic acids is 1. The largest absolute Gasteiger partial charge is 0.480 e. The number of amides is 1. The predicted octanol–water partition coefficient (Wildman–Crippen LogP) is 2.10. The van der Waals surface area contributed by atoms with E-state index in [1.165, 1.54) is 19.5 Å². The molecule has 0 atom stereocenters. The van der Waals surface area contributed by atoms with Crippen molar-refractivity contribution in [3.63, 3.8) is 0 Å². The second kappa shape index (κ2) is 6.83. The van der Waals surface area contributed by atoms with Gasteiger partial charge >= 0.3 is 0 Å². The number of methoxy groups -OCH3 is 1. The fourth-order valence-corrected chi connectivity index (χ4v) is 2.66. The van der Waals surface area contributed by atoms with Crippen molar-refractivity contribution in [2.45, 2.75) is 0 Å². The van der Waals surface area contributed by atoms with E-state index in [0.29, 0.717) is 24.7 Å². The van der Waals surface area contributed by atoms with Crippen molar-refractivity contribution in [3.05, 3.63) is 47.4 Å². The van der Waals surface area contributed by atoms with Gasteiger partial charge in [-0.25, -0.2) is 4.98 Å². The van der Waals surface area contributed by atoms with Crippen LogP contribution in [0.2, 0.25) is 5.02 Å². The lowest BCUT2D eigenvalue weighted by atomic mass is 10.2. The molecule has 1 fully saturated rings. The number of halogens is 1. The molecule has 0 bridgehead atoms. The minimum absolute atomic E-state index is 0.118. The van der Waals surface area contributed by atoms with Crippen LogP contribution < -0.4 is 9.64 Å². The van der Waals surface area contributed by atoms with E-state index in [4.69, 9.17) is 16.3 Å². The number of hydrogen-bond acceptors (Lipinski definition) is 5. The van der Waals surface area contributed by atoms with Gasteiger partial charge in [0.15, 0.2) is 5.69 Å².